The minimum atomic E-state index is -0.0682. The second kappa shape index (κ2) is 6.38. The van der Waals surface area contributed by atoms with Crippen molar-refractivity contribution in [2.24, 2.45) is 0 Å². The van der Waals surface area contributed by atoms with Gasteiger partial charge < -0.3 is 10.6 Å². The molecule has 0 saturated heterocycles. The zero-order chi connectivity index (χ0) is 13.7. The molecule has 0 spiro atoms. The van der Waals surface area contributed by atoms with Crippen molar-refractivity contribution in [1.82, 2.24) is 0 Å². The third-order valence-electron chi connectivity index (χ3n) is 2.55. The number of anilines is 2. The van der Waals surface area contributed by atoms with Crippen LogP contribution in [0.3, 0.4) is 0 Å². The number of carbonyl (C=O) groups is 1. The van der Waals surface area contributed by atoms with Crippen molar-refractivity contribution in [3.63, 3.8) is 0 Å². The van der Waals surface area contributed by atoms with E-state index in [-0.39, 0.29) is 12.5 Å². The van der Waals surface area contributed by atoms with Crippen molar-refractivity contribution in [3.8, 4) is 0 Å². The van der Waals surface area contributed by atoms with Crippen molar-refractivity contribution in [3.05, 3.63) is 58.6 Å². The molecule has 0 aliphatic heterocycles. The highest BCUT2D eigenvalue weighted by Gasteiger charge is 2.03. The lowest BCUT2D eigenvalue weighted by molar-refractivity contribution is -0.114. The average molecular weight is 319 g/mol. The van der Waals surface area contributed by atoms with E-state index in [9.17, 15) is 4.79 Å². The molecule has 0 unspecified atom stereocenters. The summed E-state index contributed by atoms with van der Waals surface area (Å²) in [6.07, 6.45) is 0. The predicted molar refractivity (Wildman–Crippen MR) is 82.4 cm³/mol. The molecular weight excluding hydrogens is 304 g/mol. The van der Waals surface area contributed by atoms with E-state index in [4.69, 9.17) is 0 Å². The highest BCUT2D eigenvalue weighted by atomic mass is 79.9. The first kappa shape index (κ1) is 13.6. The Labute approximate surface area is 121 Å². The van der Waals surface area contributed by atoms with Gasteiger partial charge in [-0.2, -0.15) is 0 Å². The Morgan fingerprint density at radius 1 is 1.11 bits per heavy atom. The van der Waals surface area contributed by atoms with Crippen molar-refractivity contribution in [2.75, 3.05) is 17.2 Å². The highest BCUT2D eigenvalue weighted by molar-refractivity contribution is 9.10. The van der Waals surface area contributed by atoms with Gasteiger partial charge in [0.1, 0.15) is 0 Å². The van der Waals surface area contributed by atoms with E-state index in [0.29, 0.717) is 0 Å². The number of rotatable bonds is 4. The lowest BCUT2D eigenvalue weighted by Crippen LogP contribution is -2.21. The maximum absolute atomic E-state index is 11.8. The van der Waals surface area contributed by atoms with Gasteiger partial charge in [0.25, 0.3) is 0 Å². The number of hydrogen-bond donors (Lipinski definition) is 2. The summed E-state index contributed by atoms with van der Waals surface area (Å²) in [5.74, 6) is -0.0682. The van der Waals surface area contributed by atoms with Gasteiger partial charge in [0.2, 0.25) is 5.91 Å². The molecule has 0 heterocycles. The molecule has 0 bridgehead atoms. The molecule has 0 aromatic heterocycles. The second-order valence-corrected chi connectivity index (χ2v) is 5.20. The van der Waals surface area contributed by atoms with Gasteiger partial charge in [0, 0.05) is 15.8 Å². The van der Waals surface area contributed by atoms with Gasteiger partial charge in [-0.1, -0.05) is 34.1 Å². The van der Waals surface area contributed by atoms with E-state index in [0.717, 1.165) is 21.4 Å². The Balaban J connectivity index is 1.91. The molecular formula is C15H15BrN2O. The zero-order valence-electron chi connectivity index (χ0n) is 10.6. The number of nitrogens with one attached hydrogen (secondary N) is 2. The summed E-state index contributed by atoms with van der Waals surface area (Å²) in [4.78, 5) is 11.8. The Hall–Kier alpha value is -1.81. The van der Waals surface area contributed by atoms with Crippen LogP contribution in [0.4, 0.5) is 11.4 Å². The van der Waals surface area contributed by atoms with Gasteiger partial charge in [-0.25, -0.2) is 0 Å². The van der Waals surface area contributed by atoms with Crippen LogP contribution >= 0.6 is 15.9 Å². The predicted octanol–water partition coefficient (Wildman–Crippen LogP) is 3.81. The molecule has 0 atom stereocenters. The first-order chi connectivity index (χ1) is 9.13. The number of amides is 1. The van der Waals surface area contributed by atoms with Crippen LogP contribution < -0.4 is 10.6 Å². The topological polar surface area (TPSA) is 41.1 Å². The monoisotopic (exact) mass is 318 g/mol. The normalized spacial score (nSPS) is 10.0. The molecule has 2 N–H and O–H groups in total. The van der Waals surface area contributed by atoms with Crippen LogP contribution in [-0.4, -0.2) is 12.5 Å². The first-order valence-corrected chi connectivity index (χ1v) is 6.79. The summed E-state index contributed by atoms with van der Waals surface area (Å²) in [5, 5.41) is 5.93. The fraction of sp³-hybridized carbons (Fsp3) is 0.133. The van der Waals surface area contributed by atoms with Crippen molar-refractivity contribution in [2.45, 2.75) is 6.92 Å². The third kappa shape index (κ3) is 4.41. The molecule has 19 heavy (non-hydrogen) atoms. The average Bonchev–Trinajstić information content (AvgIpc) is 2.36. The summed E-state index contributed by atoms with van der Waals surface area (Å²) in [6, 6.07) is 15.5. The number of hydrogen-bond acceptors (Lipinski definition) is 2. The Morgan fingerprint density at radius 3 is 2.53 bits per heavy atom. The minimum Gasteiger partial charge on any atom is -0.376 e. The van der Waals surface area contributed by atoms with Crippen LogP contribution in [0.2, 0.25) is 0 Å². The first-order valence-electron chi connectivity index (χ1n) is 5.99. The standard InChI is InChI=1S/C15H15BrN2O/c1-11-7-12(16)9-14(8-11)18-15(19)10-17-13-5-3-2-4-6-13/h2-9,17H,10H2,1H3,(H,18,19). The Kier molecular flexibility index (Phi) is 4.58. The molecule has 0 saturated carbocycles. The molecule has 0 fully saturated rings. The van der Waals surface area contributed by atoms with E-state index < -0.39 is 0 Å². The lowest BCUT2D eigenvalue weighted by atomic mass is 10.2. The van der Waals surface area contributed by atoms with Crippen molar-refractivity contribution >= 4 is 33.2 Å². The molecule has 2 aromatic rings. The molecule has 0 aliphatic rings. The summed E-state index contributed by atoms with van der Waals surface area (Å²) < 4.78 is 0.957. The zero-order valence-corrected chi connectivity index (χ0v) is 12.2. The van der Waals surface area contributed by atoms with Crippen LogP contribution in [0.25, 0.3) is 0 Å². The number of benzene rings is 2. The SMILES string of the molecule is Cc1cc(Br)cc(NC(=O)CNc2ccccc2)c1. The fourth-order valence-electron chi connectivity index (χ4n) is 1.75. The lowest BCUT2D eigenvalue weighted by Gasteiger charge is -2.08. The molecule has 3 nitrogen and oxygen atoms in total. The van der Waals surface area contributed by atoms with Crippen LogP contribution in [0.1, 0.15) is 5.56 Å². The molecule has 0 aliphatic carbocycles. The van der Waals surface area contributed by atoms with E-state index in [1.165, 1.54) is 0 Å². The van der Waals surface area contributed by atoms with E-state index in [2.05, 4.69) is 26.6 Å². The smallest absolute Gasteiger partial charge is 0.243 e. The Bertz CT molecular complexity index is 549. The minimum absolute atomic E-state index is 0.0682. The molecule has 4 heteroatoms. The summed E-state index contributed by atoms with van der Waals surface area (Å²) in [6.45, 7) is 2.23. The molecule has 98 valence electrons. The third-order valence-corrected chi connectivity index (χ3v) is 3.01. The van der Waals surface area contributed by atoms with Gasteiger partial charge in [0.05, 0.1) is 6.54 Å². The van der Waals surface area contributed by atoms with Crippen LogP contribution in [0.15, 0.2) is 53.0 Å². The van der Waals surface area contributed by atoms with Gasteiger partial charge in [-0.3, -0.25) is 4.79 Å². The highest BCUT2D eigenvalue weighted by Crippen LogP contribution is 2.18. The fourth-order valence-corrected chi connectivity index (χ4v) is 2.36. The van der Waals surface area contributed by atoms with Crippen molar-refractivity contribution < 1.29 is 4.79 Å². The maximum Gasteiger partial charge on any atom is 0.243 e. The van der Waals surface area contributed by atoms with E-state index >= 15 is 0 Å². The summed E-state index contributed by atoms with van der Waals surface area (Å²) >= 11 is 3.41. The number of halogens is 1. The summed E-state index contributed by atoms with van der Waals surface area (Å²) in [7, 11) is 0. The van der Waals surface area contributed by atoms with Gasteiger partial charge in [0.15, 0.2) is 0 Å². The van der Waals surface area contributed by atoms with Gasteiger partial charge in [-0.15, -0.1) is 0 Å². The number of carbonyl (C=O) groups excluding carboxylic acids is 1. The molecule has 2 aromatic carbocycles. The van der Waals surface area contributed by atoms with Crippen LogP contribution in [0, 0.1) is 6.92 Å². The second-order valence-electron chi connectivity index (χ2n) is 4.29. The molecule has 0 radical (unpaired) electrons. The van der Waals surface area contributed by atoms with E-state index in [1.807, 2.05) is 55.5 Å². The van der Waals surface area contributed by atoms with Gasteiger partial charge in [-0.05, 0) is 42.8 Å². The van der Waals surface area contributed by atoms with Gasteiger partial charge >= 0.3 is 0 Å². The van der Waals surface area contributed by atoms with E-state index in [1.54, 1.807) is 0 Å². The maximum atomic E-state index is 11.8. The molecule has 2 rings (SSSR count). The number of para-hydroxylation sites is 1. The van der Waals surface area contributed by atoms with Crippen molar-refractivity contribution in [1.29, 1.82) is 0 Å². The largest absolute Gasteiger partial charge is 0.376 e. The van der Waals surface area contributed by atoms with Crippen LogP contribution in [-0.2, 0) is 4.79 Å². The Morgan fingerprint density at radius 2 is 1.84 bits per heavy atom. The van der Waals surface area contributed by atoms with Crippen LogP contribution in [0.5, 0.6) is 0 Å². The quantitative estimate of drug-likeness (QED) is 0.900. The molecule has 1 amide bonds. The summed E-state index contributed by atoms with van der Waals surface area (Å²) in [5.41, 5.74) is 2.83. The number of aryl methyl sites for hydroxylation is 1.